The van der Waals surface area contributed by atoms with E-state index in [0.717, 1.165) is 10.9 Å². The second-order valence-corrected chi connectivity index (χ2v) is 7.45. The Kier molecular flexibility index (Phi) is 4.36. The van der Waals surface area contributed by atoms with E-state index in [1.54, 1.807) is 36.1 Å². The molecule has 0 saturated heterocycles. The van der Waals surface area contributed by atoms with Crippen LogP contribution in [0.5, 0.6) is 17.2 Å². The highest BCUT2D eigenvalue weighted by Gasteiger charge is 2.19. The first-order chi connectivity index (χ1) is 16.2. The third-order valence-electron chi connectivity index (χ3n) is 5.56. The van der Waals surface area contributed by atoms with Gasteiger partial charge in [-0.2, -0.15) is 4.98 Å². The lowest BCUT2D eigenvalue weighted by molar-refractivity contribution is 0.174. The van der Waals surface area contributed by atoms with E-state index < -0.39 is 0 Å². The minimum Gasteiger partial charge on any atom is -0.497 e. The van der Waals surface area contributed by atoms with Gasteiger partial charge in [-0.3, -0.25) is 9.36 Å². The molecule has 162 valence electrons. The first-order valence-corrected chi connectivity index (χ1v) is 10.2. The number of hydrogen-bond donors (Lipinski definition) is 0. The molecule has 2 aromatic heterocycles. The topological polar surface area (TPSA) is 88.6 Å². The van der Waals surface area contributed by atoms with Crippen molar-refractivity contribution in [3.05, 3.63) is 83.3 Å². The fourth-order valence-corrected chi connectivity index (χ4v) is 3.88. The van der Waals surface area contributed by atoms with E-state index in [0.29, 0.717) is 45.6 Å². The van der Waals surface area contributed by atoms with Gasteiger partial charge in [0.2, 0.25) is 12.6 Å². The molecule has 0 N–H and O–H groups in total. The minimum absolute atomic E-state index is 0.143. The van der Waals surface area contributed by atoms with Crippen LogP contribution in [-0.4, -0.2) is 28.6 Å². The number of benzene rings is 3. The summed E-state index contributed by atoms with van der Waals surface area (Å²) < 4.78 is 23.3. The molecule has 0 bridgehead atoms. The van der Waals surface area contributed by atoms with Crippen molar-refractivity contribution in [2.45, 2.75) is 0 Å². The summed E-state index contributed by atoms with van der Waals surface area (Å²) in [6.07, 6.45) is 1.73. The molecule has 5 aromatic rings. The second-order valence-electron chi connectivity index (χ2n) is 7.45. The maximum atomic E-state index is 13.2. The van der Waals surface area contributed by atoms with Crippen LogP contribution in [-0.2, 0) is 0 Å². The molecule has 0 fully saturated rings. The lowest BCUT2D eigenvalue weighted by Gasteiger charge is -2.11. The number of rotatable bonds is 4. The molecular formula is C25H17N3O5. The standard InChI is InChI=1S/C25H17N3O5/c1-30-17-9-7-16(8-10-17)28-13-20(18-4-2-3-5-19(18)25(28)29)24-26-23(27-33-24)15-6-11-21-22(12-15)32-14-31-21/h2-13H,14H2,1H3. The molecule has 0 atom stereocenters. The first-order valence-electron chi connectivity index (χ1n) is 10.2. The van der Waals surface area contributed by atoms with Gasteiger partial charge in [-0.1, -0.05) is 23.4 Å². The molecule has 0 saturated carbocycles. The molecule has 0 amide bonds. The van der Waals surface area contributed by atoms with E-state index in [9.17, 15) is 4.79 Å². The van der Waals surface area contributed by atoms with Crippen molar-refractivity contribution in [2.75, 3.05) is 13.9 Å². The van der Waals surface area contributed by atoms with Gasteiger partial charge in [-0.15, -0.1) is 0 Å². The van der Waals surface area contributed by atoms with Crippen LogP contribution in [0.3, 0.4) is 0 Å². The number of fused-ring (bicyclic) bond motifs is 2. The predicted octanol–water partition coefficient (Wildman–Crippen LogP) is 4.45. The minimum atomic E-state index is -0.143. The molecule has 0 radical (unpaired) electrons. The molecule has 0 aliphatic carbocycles. The maximum absolute atomic E-state index is 13.2. The van der Waals surface area contributed by atoms with Gasteiger partial charge in [0.1, 0.15) is 5.75 Å². The van der Waals surface area contributed by atoms with Crippen molar-refractivity contribution >= 4 is 10.8 Å². The van der Waals surface area contributed by atoms with Crippen molar-refractivity contribution in [1.82, 2.24) is 14.7 Å². The van der Waals surface area contributed by atoms with Gasteiger partial charge in [0.05, 0.1) is 12.7 Å². The molecule has 8 heteroatoms. The van der Waals surface area contributed by atoms with Gasteiger partial charge in [-0.05, 0) is 48.5 Å². The van der Waals surface area contributed by atoms with E-state index >= 15 is 0 Å². The first kappa shape index (κ1) is 19.1. The summed E-state index contributed by atoms with van der Waals surface area (Å²) >= 11 is 0. The molecule has 8 nitrogen and oxygen atoms in total. The summed E-state index contributed by atoms with van der Waals surface area (Å²) in [5.74, 6) is 2.74. The monoisotopic (exact) mass is 439 g/mol. The predicted molar refractivity (Wildman–Crippen MR) is 121 cm³/mol. The largest absolute Gasteiger partial charge is 0.497 e. The van der Waals surface area contributed by atoms with Crippen molar-refractivity contribution in [2.24, 2.45) is 0 Å². The van der Waals surface area contributed by atoms with Crippen LogP contribution in [0.2, 0.25) is 0 Å². The molecule has 0 spiro atoms. The van der Waals surface area contributed by atoms with Crippen molar-refractivity contribution in [3.63, 3.8) is 0 Å². The Labute approximate surface area is 187 Å². The number of pyridine rings is 1. The summed E-state index contributed by atoms with van der Waals surface area (Å²) in [5, 5.41) is 5.44. The Balaban J connectivity index is 1.50. The zero-order chi connectivity index (χ0) is 22.4. The van der Waals surface area contributed by atoms with Crippen LogP contribution < -0.4 is 19.8 Å². The van der Waals surface area contributed by atoms with E-state index in [4.69, 9.17) is 18.7 Å². The lowest BCUT2D eigenvalue weighted by Crippen LogP contribution is -2.18. The normalized spacial score (nSPS) is 12.3. The summed E-state index contributed by atoms with van der Waals surface area (Å²) in [6, 6.07) is 20.1. The Morgan fingerprint density at radius 3 is 2.55 bits per heavy atom. The molecule has 3 heterocycles. The molecule has 1 aliphatic heterocycles. The van der Waals surface area contributed by atoms with Crippen LogP contribution in [0.4, 0.5) is 0 Å². The van der Waals surface area contributed by atoms with Crippen molar-refractivity contribution in [1.29, 1.82) is 0 Å². The van der Waals surface area contributed by atoms with E-state index in [2.05, 4.69) is 10.1 Å². The molecule has 33 heavy (non-hydrogen) atoms. The summed E-state index contributed by atoms with van der Waals surface area (Å²) in [7, 11) is 1.60. The van der Waals surface area contributed by atoms with Crippen molar-refractivity contribution in [3.8, 4) is 45.8 Å². The highest BCUT2D eigenvalue weighted by molar-refractivity contribution is 5.94. The Bertz CT molecular complexity index is 1550. The average molecular weight is 439 g/mol. The smallest absolute Gasteiger partial charge is 0.262 e. The number of aromatic nitrogens is 3. The Morgan fingerprint density at radius 1 is 0.939 bits per heavy atom. The summed E-state index contributed by atoms with van der Waals surface area (Å²) in [5.41, 5.74) is 1.95. The fraction of sp³-hybridized carbons (Fsp3) is 0.0800. The van der Waals surface area contributed by atoms with Gasteiger partial charge in [0.25, 0.3) is 11.4 Å². The molecule has 0 unspecified atom stereocenters. The van der Waals surface area contributed by atoms with Gasteiger partial charge in [0, 0.05) is 28.2 Å². The fourth-order valence-electron chi connectivity index (χ4n) is 3.88. The van der Waals surface area contributed by atoms with Crippen LogP contribution in [0.1, 0.15) is 0 Å². The number of nitrogens with zero attached hydrogens (tertiary/aromatic N) is 3. The maximum Gasteiger partial charge on any atom is 0.262 e. The van der Waals surface area contributed by atoms with Crippen molar-refractivity contribution < 1.29 is 18.7 Å². The van der Waals surface area contributed by atoms with E-state index in [1.165, 1.54) is 0 Å². The van der Waals surface area contributed by atoms with Gasteiger partial charge in [-0.25, -0.2) is 0 Å². The number of hydrogen-bond acceptors (Lipinski definition) is 7. The van der Waals surface area contributed by atoms with Gasteiger partial charge < -0.3 is 18.7 Å². The highest BCUT2D eigenvalue weighted by Crippen LogP contribution is 2.36. The Hall–Kier alpha value is -4.59. The van der Waals surface area contributed by atoms with Gasteiger partial charge in [0.15, 0.2) is 11.5 Å². The van der Waals surface area contributed by atoms with E-state index in [1.807, 2.05) is 48.5 Å². The van der Waals surface area contributed by atoms with Crippen LogP contribution in [0.15, 0.2) is 82.2 Å². The summed E-state index contributed by atoms with van der Waals surface area (Å²) in [4.78, 5) is 17.8. The third-order valence-corrected chi connectivity index (χ3v) is 5.56. The van der Waals surface area contributed by atoms with Crippen LogP contribution in [0.25, 0.3) is 39.3 Å². The van der Waals surface area contributed by atoms with Gasteiger partial charge >= 0.3 is 0 Å². The van der Waals surface area contributed by atoms with Crippen LogP contribution in [0, 0.1) is 0 Å². The molecular weight excluding hydrogens is 422 g/mol. The third kappa shape index (κ3) is 3.20. The number of methoxy groups -OCH3 is 1. The zero-order valence-electron chi connectivity index (χ0n) is 17.5. The zero-order valence-corrected chi connectivity index (χ0v) is 17.5. The lowest BCUT2D eigenvalue weighted by atomic mass is 10.1. The van der Waals surface area contributed by atoms with E-state index in [-0.39, 0.29) is 12.4 Å². The molecule has 3 aromatic carbocycles. The number of ether oxygens (including phenoxy) is 3. The SMILES string of the molecule is COc1ccc(-n2cc(-c3nc(-c4ccc5c(c4)OCO5)no3)c3ccccc3c2=O)cc1. The second kappa shape index (κ2) is 7.52. The van der Waals surface area contributed by atoms with Crippen LogP contribution >= 0.6 is 0 Å². The quantitative estimate of drug-likeness (QED) is 0.409. The highest BCUT2D eigenvalue weighted by atomic mass is 16.7. The summed E-state index contributed by atoms with van der Waals surface area (Å²) in [6.45, 7) is 0.190. The Morgan fingerprint density at radius 2 is 1.73 bits per heavy atom. The molecule has 1 aliphatic rings. The average Bonchev–Trinajstić information content (AvgIpc) is 3.54. The molecule has 6 rings (SSSR count).